The van der Waals surface area contributed by atoms with E-state index in [0.717, 1.165) is 6.07 Å². The molecule has 0 aliphatic carbocycles. The topological polar surface area (TPSA) is 132 Å². The summed E-state index contributed by atoms with van der Waals surface area (Å²) >= 11 is 0. The fourth-order valence-corrected chi connectivity index (χ4v) is 0.785. The molecular weight excluding hydrogens is 243 g/mol. The van der Waals surface area contributed by atoms with Gasteiger partial charge in [-0.2, -0.15) is 0 Å². The molecule has 0 saturated carbocycles. The van der Waals surface area contributed by atoms with E-state index in [1.165, 1.54) is 18.2 Å². The predicted molar refractivity (Wildman–Crippen MR) is 52.1 cm³/mol. The van der Waals surface area contributed by atoms with Gasteiger partial charge >= 0.3 is 47.7 Å². The average Bonchev–Trinajstić information content (AvgIpc) is 2.17. The minimum absolute atomic E-state index is 0. The quantitative estimate of drug-likeness (QED) is 0.467. The maximum Gasteiger partial charge on any atom is 1.00 e. The second-order valence-electron chi connectivity index (χ2n) is 2.47. The minimum atomic E-state index is -1.83. The van der Waals surface area contributed by atoms with Crippen LogP contribution in [-0.4, -0.2) is 38.5 Å². The zero-order chi connectivity index (χ0) is 12.7. The smallest absolute Gasteiger partial charge is 1.00 e. The fourth-order valence-electron chi connectivity index (χ4n) is 0.785. The van der Waals surface area contributed by atoms with Crippen molar-refractivity contribution in [2.75, 3.05) is 0 Å². The second kappa shape index (κ2) is 8.57. The van der Waals surface area contributed by atoms with E-state index in [1.807, 2.05) is 0 Å². The van der Waals surface area contributed by atoms with Gasteiger partial charge in [0, 0.05) is 0 Å². The Morgan fingerprint density at radius 2 is 1.18 bits per heavy atom. The molecule has 88 valence electrons. The van der Waals surface area contributed by atoms with Crippen molar-refractivity contribution in [3.63, 3.8) is 0 Å². The number of carboxylic acids is 2. The van der Waals surface area contributed by atoms with Gasteiger partial charge < -0.3 is 21.9 Å². The van der Waals surface area contributed by atoms with Crippen molar-refractivity contribution in [1.29, 1.82) is 0 Å². The maximum absolute atomic E-state index is 10.4. The van der Waals surface area contributed by atoms with Crippen molar-refractivity contribution in [3.05, 3.63) is 35.4 Å². The molecule has 0 fully saturated rings. The predicted octanol–water partition coefficient (Wildman–Crippen LogP) is -1.58. The Kier molecular flexibility index (Phi) is 8.98. The van der Waals surface area contributed by atoms with Crippen LogP contribution in [0.2, 0.25) is 0 Å². The van der Waals surface area contributed by atoms with E-state index in [4.69, 9.17) is 25.2 Å². The Morgan fingerprint density at radius 1 is 0.882 bits per heavy atom. The van der Waals surface area contributed by atoms with Crippen LogP contribution >= 0.6 is 0 Å². The number of benzene rings is 1. The van der Waals surface area contributed by atoms with Crippen molar-refractivity contribution in [2.24, 2.45) is 0 Å². The normalized spacial score (nSPS) is 8.00. The first kappa shape index (κ1) is 17.8. The monoisotopic (exact) mass is 252 g/mol. The maximum atomic E-state index is 10.4. The first-order valence-electron chi connectivity index (χ1n) is 3.83. The Bertz CT molecular complexity index is 388. The van der Waals surface area contributed by atoms with Crippen LogP contribution in [0, 0.1) is 0 Å². The van der Waals surface area contributed by atoms with E-state index in [0.29, 0.717) is 0 Å². The number of carboxylic acid groups (broad SMARTS) is 4. The third kappa shape index (κ3) is 8.26. The van der Waals surface area contributed by atoms with Crippen molar-refractivity contribution in [1.82, 2.24) is 0 Å². The zero-order valence-corrected chi connectivity index (χ0v) is 10.8. The fraction of sp³-hybridized carbons (Fsp3) is 0. The van der Waals surface area contributed by atoms with Gasteiger partial charge in [-0.3, -0.25) is 0 Å². The Balaban J connectivity index is -0.000000332. The molecule has 0 spiro atoms. The van der Waals surface area contributed by atoms with E-state index in [2.05, 4.69) is 0 Å². The van der Waals surface area contributed by atoms with Gasteiger partial charge in [-0.25, -0.2) is 14.4 Å². The van der Waals surface area contributed by atoms with Crippen molar-refractivity contribution < 1.29 is 65.8 Å². The van der Waals surface area contributed by atoms with Crippen LogP contribution in [0.3, 0.4) is 0 Å². The molecule has 0 atom stereocenters. The van der Waals surface area contributed by atoms with Gasteiger partial charge in [-0.05, 0) is 18.2 Å². The van der Waals surface area contributed by atoms with Gasteiger partial charge in [-0.15, -0.1) is 0 Å². The minimum Gasteiger partial charge on any atom is -1.00 e. The molecule has 7 nitrogen and oxygen atoms in total. The summed E-state index contributed by atoms with van der Waals surface area (Å²) in [7, 11) is 0. The van der Waals surface area contributed by atoms with Crippen LogP contribution in [-0.2, 0) is 0 Å². The molecule has 17 heavy (non-hydrogen) atoms. The standard InChI is InChI=1S/C8H6O4.CH2O3.Na.H/c9-7(10)5-2-1-3-6(4-5)8(11)12;2-1(3)4;;/h1-4H,(H,9,10)(H,11,12);(H2,2,3,4);;/q;;+1;-1. The average molecular weight is 252 g/mol. The van der Waals surface area contributed by atoms with E-state index in [9.17, 15) is 9.59 Å². The van der Waals surface area contributed by atoms with Gasteiger partial charge in [-0.1, -0.05) is 6.07 Å². The summed E-state index contributed by atoms with van der Waals surface area (Å²) in [6, 6.07) is 5.20. The van der Waals surface area contributed by atoms with Crippen molar-refractivity contribution >= 4 is 18.1 Å². The summed E-state index contributed by atoms with van der Waals surface area (Å²) in [5, 5.41) is 30.9. The molecule has 8 heteroatoms. The van der Waals surface area contributed by atoms with E-state index < -0.39 is 18.1 Å². The third-order valence-corrected chi connectivity index (χ3v) is 1.36. The van der Waals surface area contributed by atoms with Gasteiger partial charge in [0.15, 0.2) is 0 Å². The Morgan fingerprint density at radius 3 is 1.41 bits per heavy atom. The van der Waals surface area contributed by atoms with Crippen LogP contribution in [0.4, 0.5) is 4.79 Å². The summed E-state index contributed by atoms with van der Waals surface area (Å²) in [4.78, 5) is 29.3. The molecule has 4 N–H and O–H groups in total. The van der Waals surface area contributed by atoms with E-state index in [-0.39, 0.29) is 42.1 Å². The Labute approximate surface area is 119 Å². The van der Waals surface area contributed by atoms with E-state index >= 15 is 0 Å². The van der Waals surface area contributed by atoms with Crippen LogP contribution in [0.1, 0.15) is 22.1 Å². The second-order valence-corrected chi connectivity index (χ2v) is 2.47. The van der Waals surface area contributed by atoms with Gasteiger partial charge in [0.1, 0.15) is 0 Å². The van der Waals surface area contributed by atoms with Crippen LogP contribution < -0.4 is 29.6 Å². The van der Waals surface area contributed by atoms with Crippen molar-refractivity contribution in [3.8, 4) is 0 Å². The molecule has 0 amide bonds. The van der Waals surface area contributed by atoms with Crippen LogP contribution in [0.5, 0.6) is 0 Å². The van der Waals surface area contributed by atoms with Crippen LogP contribution in [0.25, 0.3) is 0 Å². The molecule has 1 rings (SSSR count). The summed E-state index contributed by atoms with van der Waals surface area (Å²) < 4.78 is 0. The number of hydrogen-bond acceptors (Lipinski definition) is 3. The van der Waals surface area contributed by atoms with Gasteiger partial charge in [0.25, 0.3) is 0 Å². The Hall–Kier alpha value is -1.57. The SMILES string of the molecule is O=C(O)O.O=C(O)c1cccc(C(=O)O)c1.[H-].[Na+]. The van der Waals surface area contributed by atoms with Crippen molar-refractivity contribution in [2.45, 2.75) is 0 Å². The third-order valence-electron chi connectivity index (χ3n) is 1.36. The summed E-state index contributed by atoms with van der Waals surface area (Å²) in [5.41, 5.74) is -0.0372. The number of hydrogen-bond donors (Lipinski definition) is 4. The number of aromatic carboxylic acids is 2. The summed E-state index contributed by atoms with van der Waals surface area (Å²) in [5.74, 6) is -2.25. The summed E-state index contributed by atoms with van der Waals surface area (Å²) in [6.07, 6.45) is -1.83. The molecule has 0 aliphatic heterocycles. The first-order chi connectivity index (χ1) is 7.34. The van der Waals surface area contributed by atoms with Crippen LogP contribution in [0.15, 0.2) is 24.3 Å². The molecule has 0 heterocycles. The molecule has 0 bridgehead atoms. The summed E-state index contributed by atoms with van der Waals surface area (Å²) in [6.45, 7) is 0. The van der Waals surface area contributed by atoms with Gasteiger partial charge in [0.2, 0.25) is 0 Å². The molecule has 0 unspecified atom stereocenters. The molecule has 0 radical (unpaired) electrons. The largest absolute Gasteiger partial charge is 1.00 e. The number of rotatable bonds is 2. The molecule has 0 aliphatic rings. The van der Waals surface area contributed by atoms with E-state index in [1.54, 1.807) is 0 Å². The molecule has 1 aromatic rings. The first-order valence-corrected chi connectivity index (χ1v) is 3.83. The molecule has 1 aromatic carbocycles. The number of carbonyl (C=O) groups is 3. The zero-order valence-electron chi connectivity index (χ0n) is 9.82. The van der Waals surface area contributed by atoms with Gasteiger partial charge in [0.05, 0.1) is 11.1 Å². The molecular formula is C9H9NaO7. The molecule has 0 saturated heterocycles. The molecule has 0 aromatic heterocycles.